The number of fused-ring (bicyclic) bond motifs is 4. The highest BCUT2D eigenvalue weighted by molar-refractivity contribution is 7.20. The average molecular weight is 553 g/mol. The molecule has 0 bridgehead atoms. The first-order valence-corrected chi connectivity index (χ1v) is 13.7. The van der Waals surface area contributed by atoms with Gasteiger partial charge in [-0.1, -0.05) is 48.5 Å². The normalized spacial score (nSPS) is 11.9. The zero-order valence-corrected chi connectivity index (χ0v) is 21.9. The van der Waals surface area contributed by atoms with Crippen LogP contribution in [0.3, 0.4) is 0 Å². The SMILES string of the molecule is c1ccc2oc(-c3sc(-c4nc5ccccc5o4)c(-c4nc5ccccc5o4)c3-c3nc4ccccc4o3)nc2c1. The molecule has 0 amide bonds. The van der Waals surface area contributed by atoms with Crippen LogP contribution >= 0.6 is 11.3 Å². The van der Waals surface area contributed by atoms with E-state index in [0.717, 1.165) is 22.1 Å². The first kappa shape index (κ1) is 22.3. The Kier molecular flexibility index (Phi) is 4.61. The first-order valence-electron chi connectivity index (χ1n) is 12.9. The maximum atomic E-state index is 6.34. The van der Waals surface area contributed by atoms with Gasteiger partial charge in [0.25, 0.3) is 0 Å². The highest BCUT2D eigenvalue weighted by Crippen LogP contribution is 2.52. The third-order valence-corrected chi connectivity index (χ3v) is 8.07. The van der Waals surface area contributed by atoms with Crippen molar-refractivity contribution in [1.82, 2.24) is 19.9 Å². The van der Waals surface area contributed by atoms with Gasteiger partial charge in [0.1, 0.15) is 31.8 Å². The quantitative estimate of drug-likeness (QED) is 0.213. The molecule has 0 fully saturated rings. The van der Waals surface area contributed by atoms with Crippen molar-refractivity contribution < 1.29 is 17.7 Å². The van der Waals surface area contributed by atoms with E-state index in [0.29, 0.717) is 66.8 Å². The number of nitrogens with zero attached hydrogens (tertiary/aromatic N) is 4. The monoisotopic (exact) mass is 552 g/mol. The summed E-state index contributed by atoms with van der Waals surface area (Å²) in [4.78, 5) is 20.8. The zero-order valence-electron chi connectivity index (χ0n) is 21.1. The third-order valence-electron chi connectivity index (χ3n) is 6.90. The minimum Gasteiger partial charge on any atom is -0.436 e. The van der Waals surface area contributed by atoms with E-state index in [9.17, 15) is 0 Å². The molecule has 0 saturated carbocycles. The van der Waals surface area contributed by atoms with Crippen LogP contribution in [-0.4, -0.2) is 19.9 Å². The van der Waals surface area contributed by atoms with Crippen molar-refractivity contribution in [2.45, 2.75) is 0 Å². The van der Waals surface area contributed by atoms with Crippen molar-refractivity contribution in [3.63, 3.8) is 0 Å². The van der Waals surface area contributed by atoms with Crippen molar-refractivity contribution in [2.24, 2.45) is 0 Å². The molecule has 5 heterocycles. The second-order valence-electron chi connectivity index (χ2n) is 9.46. The van der Waals surface area contributed by atoms with Crippen LogP contribution in [0.1, 0.15) is 0 Å². The molecule has 194 valence electrons. The lowest BCUT2D eigenvalue weighted by Gasteiger charge is -2.01. The topological polar surface area (TPSA) is 104 Å². The molecule has 0 saturated heterocycles. The zero-order chi connectivity index (χ0) is 26.9. The Morgan fingerprint density at radius 3 is 1.00 bits per heavy atom. The Morgan fingerprint density at radius 1 is 0.366 bits per heavy atom. The second kappa shape index (κ2) is 8.48. The van der Waals surface area contributed by atoms with Crippen molar-refractivity contribution in [1.29, 1.82) is 0 Å². The maximum absolute atomic E-state index is 6.34. The number of rotatable bonds is 4. The van der Waals surface area contributed by atoms with Gasteiger partial charge in [0, 0.05) is 0 Å². The first-order chi connectivity index (χ1) is 20.3. The summed E-state index contributed by atoms with van der Waals surface area (Å²) < 4.78 is 25.2. The predicted molar refractivity (Wildman–Crippen MR) is 156 cm³/mol. The Labute approximate surface area is 234 Å². The molecule has 9 aromatic rings. The lowest BCUT2D eigenvalue weighted by Crippen LogP contribution is -1.86. The molecule has 8 nitrogen and oxygen atoms in total. The van der Waals surface area contributed by atoms with Crippen LogP contribution in [0.25, 0.3) is 88.8 Å². The molecule has 5 aromatic heterocycles. The van der Waals surface area contributed by atoms with Crippen LogP contribution in [0, 0.1) is 0 Å². The van der Waals surface area contributed by atoms with Gasteiger partial charge in [-0.2, -0.15) is 0 Å². The largest absolute Gasteiger partial charge is 0.436 e. The van der Waals surface area contributed by atoms with Crippen LogP contribution < -0.4 is 0 Å². The molecule has 0 N–H and O–H groups in total. The summed E-state index contributed by atoms with van der Waals surface area (Å²) in [5.41, 5.74) is 6.87. The average Bonchev–Trinajstić information content (AvgIpc) is 3.82. The Hall–Kier alpha value is -5.54. The fraction of sp³-hybridized carbons (Fsp3) is 0. The highest BCUT2D eigenvalue weighted by Gasteiger charge is 2.33. The molecule has 0 atom stereocenters. The minimum atomic E-state index is 0.388. The van der Waals surface area contributed by atoms with Gasteiger partial charge in [-0.15, -0.1) is 11.3 Å². The van der Waals surface area contributed by atoms with Gasteiger partial charge in [0.15, 0.2) is 22.3 Å². The van der Waals surface area contributed by atoms with Crippen LogP contribution in [0.15, 0.2) is 115 Å². The number of oxazole rings is 4. The van der Waals surface area contributed by atoms with E-state index in [4.69, 9.17) is 37.6 Å². The van der Waals surface area contributed by atoms with Crippen LogP contribution in [0.2, 0.25) is 0 Å². The molecule has 4 aromatic carbocycles. The summed E-state index contributed by atoms with van der Waals surface area (Å²) in [5.74, 6) is 1.63. The summed E-state index contributed by atoms with van der Waals surface area (Å²) >= 11 is 1.42. The van der Waals surface area contributed by atoms with E-state index in [1.54, 1.807) is 0 Å². The van der Waals surface area contributed by atoms with E-state index >= 15 is 0 Å². The van der Waals surface area contributed by atoms with Crippen LogP contribution in [0.4, 0.5) is 0 Å². The summed E-state index contributed by atoms with van der Waals surface area (Å²) in [7, 11) is 0. The van der Waals surface area contributed by atoms with Crippen molar-refractivity contribution in [2.75, 3.05) is 0 Å². The number of para-hydroxylation sites is 8. The van der Waals surface area contributed by atoms with E-state index in [1.165, 1.54) is 11.3 Å². The smallest absolute Gasteiger partial charge is 0.238 e. The number of thiophene rings is 1. The molecule has 9 heteroatoms. The molecule has 0 spiro atoms. The maximum Gasteiger partial charge on any atom is 0.238 e. The molecule has 0 radical (unpaired) electrons. The fourth-order valence-corrected chi connectivity index (χ4v) is 6.17. The molecule has 0 aliphatic rings. The number of hydrogen-bond acceptors (Lipinski definition) is 9. The lowest BCUT2D eigenvalue weighted by atomic mass is 10.1. The fourth-order valence-electron chi connectivity index (χ4n) is 5.04. The third kappa shape index (κ3) is 3.46. The van der Waals surface area contributed by atoms with Crippen LogP contribution in [0.5, 0.6) is 0 Å². The van der Waals surface area contributed by atoms with Crippen molar-refractivity contribution in [3.8, 4) is 44.4 Å². The van der Waals surface area contributed by atoms with Gasteiger partial charge in [-0.25, -0.2) is 19.9 Å². The van der Waals surface area contributed by atoms with Gasteiger partial charge < -0.3 is 17.7 Å². The number of hydrogen-bond donors (Lipinski definition) is 0. The molecular formula is C32H16N4O4S. The molecule has 41 heavy (non-hydrogen) atoms. The Morgan fingerprint density at radius 2 is 0.659 bits per heavy atom. The van der Waals surface area contributed by atoms with E-state index < -0.39 is 0 Å². The summed E-state index contributed by atoms with van der Waals surface area (Å²) in [5, 5.41) is 0. The van der Waals surface area contributed by atoms with Crippen molar-refractivity contribution >= 4 is 55.7 Å². The minimum absolute atomic E-state index is 0.388. The van der Waals surface area contributed by atoms with Gasteiger partial charge in [0.05, 0.1) is 11.1 Å². The standard InChI is InChI=1S/C32H16N4O4S/c1-5-13-21-17(9-1)33-29(37-21)25-26(30-34-18-10-2-6-14-22(18)38-30)28(32-36-20-12-4-8-16-24(20)40-32)41-27(25)31-35-19-11-3-7-15-23(19)39-31/h1-16H. The van der Waals surface area contributed by atoms with E-state index in [2.05, 4.69) is 0 Å². The number of benzene rings is 4. The van der Waals surface area contributed by atoms with E-state index in [-0.39, 0.29) is 0 Å². The molecule has 0 aliphatic carbocycles. The van der Waals surface area contributed by atoms with Crippen LogP contribution in [-0.2, 0) is 0 Å². The highest BCUT2D eigenvalue weighted by atomic mass is 32.1. The molecular weight excluding hydrogens is 536 g/mol. The molecule has 0 unspecified atom stereocenters. The summed E-state index contributed by atoms with van der Waals surface area (Å²) in [6, 6.07) is 30.6. The molecule has 9 rings (SSSR count). The predicted octanol–water partition coefficient (Wildman–Crippen LogP) is 8.98. The lowest BCUT2D eigenvalue weighted by molar-refractivity contribution is 0.606. The Balaban J connectivity index is 1.41. The second-order valence-corrected chi connectivity index (χ2v) is 10.5. The molecule has 0 aliphatic heterocycles. The van der Waals surface area contributed by atoms with Gasteiger partial charge >= 0.3 is 0 Å². The van der Waals surface area contributed by atoms with E-state index in [1.807, 2.05) is 97.1 Å². The Bertz CT molecular complexity index is 2110. The number of aromatic nitrogens is 4. The van der Waals surface area contributed by atoms with Gasteiger partial charge in [-0.05, 0) is 48.5 Å². The summed E-state index contributed by atoms with van der Waals surface area (Å²) in [6.45, 7) is 0. The van der Waals surface area contributed by atoms with Crippen molar-refractivity contribution in [3.05, 3.63) is 97.1 Å². The summed E-state index contributed by atoms with van der Waals surface area (Å²) in [6.07, 6.45) is 0. The van der Waals surface area contributed by atoms with Gasteiger partial charge in [0.2, 0.25) is 23.6 Å². The van der Waals surface area contributed by atoms with Gasteiger partial charge in [-0.3, -0.25) is 0 Å².